The summed E-state index contributed by atoms with van der Waals surface area (Å²) in [5.41, 5.74) is 1.04. The van der Waals surface area contributed by atoms with Crippen molar-refractivity contribution in [3.05, 3.63) is 81.6 Å². The summed E-state index contributed by atoms with van der Waals surface area (Å²) < 4.78 is 7.96. The molecular weight excluding hydrogens is 437 g/mol. The molecule has 0 saturated carbocycles. The smallest absolute Gasteiger partial charge is 0.191 e. The lowest BCUT2D eigenvalue weighted by atomic mass is 10.2. The third-order valence-corrected chi connectivity index (χ3v) is 5.86. The number of ether oxygens (including phenoxy) is 1. The molecule has 1 aromatic heterocycles. The summed E-state index contributed by atoms with van der Waals surface area (Å²) in [6, 6.07) is 12.8. The van der Waals surface area contributed by atoms with E-state index >= 15 is 0 Å². The van der Waals surface area contributed by atoms with E-state index in [-0.39, 0.29) is 6.10 Å². The van der Waals surface area contributed by atoms with Gasteiger partial charge in [-0.2, -0.15) is 0 Å². The van der Waals surface area contributed by atoms with Gasteiger partial charge < -0.3 is 4.74 Å². The van der Waals surface area contributed by atoms with Crippen molar-refractivity contribution >= 4 is 46.6 Å². The molecule has 0 aliphatic rings. The van der Waals surface area contributed by atoms with Gasteiger partial charge in [0.2, 0.25) is 0 Å². The lowest BCUT2D eigenvalue weighted by Gasteiger charge is -2.16. The molecule has 8 heteroatoms. The fourth-order valence-corrected chi connectivity index (χ4v) is 4.14. The maximum atomic E-state index is 6.25. The summed E-state index contributed by atoms with van der Waals surface area (Å²) in [5.74, 6) is 1.86. The highest BCUT2D eigenvalue weighted by molar-refractivity contribution is 7.98. The number of allylic oxidation sites excluding steroid dienone is 1. The third-order valence-electron chi connectivity index (χ3n) is 3.93. The van der Waals surface area contributed by atoms with E-state index in [0.29, 0.717) is 33.9 Å². The third kappa shape index (κ3) is 5.03. The minimum Gasteiger partial charge on any atom is -0.481 e. The Morgan fingerprint density at radius 2 is 1.93 bits per heavy atom. The number of halogens is 3. The predicted molar refractivity (Wildman–Crippen MR) is 117 cm³/mol. The molecule has 1 unspecified atom stereocenters. The van der Waals surface area contributed by atoms with Crippen LogP contribution < -0.4 is 4.74 Å². The Kier molecular flexibility index (Phi) is 7.30. The molecule has 146 valence electrons. The molecule has 0 aliphatic carbocycles. The SMILES string of the molecule is C=CCn1c(SCc2ccccc2Cl)nnc1C(C)Oc1cc(Cl)ccc1Cl. The molecule has 0 N–H and O–H groups in total. The summed E-state index contributed by atoms with van der Waals surface area (Å²) >= 11 is 20.1. The summed E-state index contributed by atoms with van der Waals surface area (Å²) in [5, 5.41) is 11.2. The van der Waals surface area contributed by atoms with Gasteiger partial charge in [-0.05, 0) is 30.7 Å². The Hall–Kier alpha value is -1.66. The van der Waals surface area contributed by atoms with Gasteiger partial charge in [-0.15, -0.1) is 16.8 Å². The first-order valence-electron chi connectivity index (χ1n) is 8.51. The number of aromatic nitrogens is 3. The van der Waals surface area contributed by atoms with E-state index in [9.17, 15) is 0 Å². The van der Waals surface area contributed by atoms with Crippen LogP contribution in [0.25, 0.3) is 0 Å². The van der Waals surface area contributed by atoms with Gasteiger partial charge in [-0.25, -0.2) is 0 Å². The number of benzene rings is 2. The normalized spacial score (nSPS) is 12.0. The van der Waals surface area contributed by atoms with E-state index in [1.54, 1.807) is 36.0 Å². The fraction of sp³-hybridized carbons (Fsp3) is 0.200. The zero-order valence-corrected chi connectivity index (χ0v) is 18.2. The highest BCUT2D eigenvalue weighted by Crippen LogP contribution is 2.32. The number of thioether (sulfide) groups is 1. The van der Waals surface area contributed by atoms with E-state index in [2.05, 4.69) is 16.8 Å². The number of rotatable bonds is 8. The molecule has 0 radical (unpaired) electrons. The first-order valence-corrected chi connectivity index (χ1v) is 10.6. The van der Waals surface area contributed by atoms with Crippen LogP contribution in [-0.2, 0) is 12.3 Å². The Morgan fingerprint density at radius 1 is 1.14 bits per heavy atom. The minimum absolute atomic E-state index is 0.377. The van der Waals surface area contributed by atoms with Gasteiger partial charge in [0, 0.05) is 28.4 Å². The summed E-state index contributed by atoms with van der Waals surface area (Å²) in [6.07, 6.45) is 1.42. The number of hydrogen-bond acceptors (Lipinski definition) is 4. The van der Waals surface area contributed by atoms with E-state index in [0.717, 1.165) is 15.7 Å². The average molecular weight is 455 g/mol. The minimum atomic E-state index is -0.377. The number of hydrogen-bond donors (Lipinski definition) is 0. The Balaban J connectivity index is 1.80. The average Bonchev–Trinajstić information content (AvgIpc) is 3.07. The number of nitrogens with zero attached hydrogens (tertiary/aromatic N) is 3. The fourth-order valence-electron chi connectivity index (χ4n) is 2.58. The topological polar surface area (TPSA) is 39.9 Å². The molecule has 0 fully saturated rings. The van der Waals surface area contributed by atoms with Crippen LogP contribution in [0.3, 0.4) is 0 Å². The molecular formula is C20H18Cl3N3OS. The maximum absolute atomic E-state index is 6.25. The zero-order chi connectivity index (χ0) is 20.1. The van der Waals surface area contributed by atoms with Crippen molar-refractivity contribution < 1.29 is 4.74 Å². The van der Waals surface area contributed by atoms with Crippen molar-refractivity contribution in [2.75, 3.05) is 0 Å². The van der Waals surface area contributed by atoms with Crippen LogP contribution in [0.1, 0.15) is 24.4 Å². The quantitative estimate of drug-likeness (QED) is 0.275. The van der Waals surface area contributed by atoms with Gasteiger partial charge in [-0.1, -0.05) is 70.8 Å². The van der Waals surface area contributed by atoms with Crippen molar-refractivity contribution in [3.63, 3.8) is 0 Å². The molecule has 3 aromatic rings. The van der Waals surface area contributed by atoms with E-state index in [1.807, 2.05) is 35.8 Å². The van der Waals surface area contributed by atoms with Crippen LogP contribution in [0.4, 0.5) is 0 Å². The summed E-state index contributed by atoms with van der Waals surface area (Å²) in [4.78, 5) is 0. The monoisotopic (exact) mass is 453 g/mol. The van der Waals surface area contributed by atoms with Gasteiger partial charge in [0.25, 0.3) is 0 Å². The van der Waals surface area contributed by atoms with Crippen LogP contribution in [0.2, 0.25) is 15.1 Å². The van der Waals surface area contributed by atoms with Gasteiger partial charge in [0.1, 0.15) is 5.75 Å². The highest BCUT2D eigenvalue weighted by atomic mass is 35.5. The molecule has 4 nitrogen and oxygen atoms in total. The predicted octanol–water partition coefficient (Wildman–Crippen LogP) is 6.86. The van der Waals surface area contributed by atoms with Gasteiger partial charge in [-0.3, -0.25) is 4.57 Å². The van der Waals surface area contributed by atoms with Gasteiger partial charge in [0.15, 0.2) is 17.1 Å². The molecule has 0 aliphatic heterocycles. The molecule has 0 saturated heterocycles. The van der Waals surface area contributed by atoms with Crippen LogP contribution in [0, 0.1) is 0 Å². The van der Waals surface area contributed by atoms with E-state index in [1.165, 1.54) is 0 Å². The first kappa shape index (κ1) is 21.1. The Labute approximate surface area is 183 Å². The lowest BCUT2D eigenvalue weighted by molar-refractivity contribution is 0.210. The van der Waals surface area contributed by atoms with Gasteiger partial charge >= 0.3 is 0 Å². The molecule has 3 rings (SSSR count). The second-order valence-electron chi connectivity index (χ2n) is 5.95. The van der Waals surface area contributed by atoms with Crippen molar-refractivity contribution in [3.8, 4) is 5.75 Å². The van der Waals surface area contributed by atoms with Crippen LogP contribution in [0.15, 0.2) is 60.3 Å². The zero-order valence-electron chi connectivity index (χ0n) is 15.1. The first-order chi connectivity index (χ1) is 13.5. The Morgan fingerprint density at radius 3 is 2.68 bits per heavy atom. The Bertz CT molecular complexity index is 977. The molecule has 2 aromatic carbocycles. The largest absolute Gasteiger partial charge is 0.481 e. The molecule has 0 amide bonds. The molecule has 1 atom stereocenters. The van der Waals surface area contributed by atoms with Crippen LogP contribution in [0.5, 0.6) is 5.75 Å². The highest BCUT2D eigenvalue weighted by Gasteiger charge is 2.20. The van der Waals surface area contributed by atoms with E-state index in [4.69, 9.17) is 39.5 Å². The van der Waals surface area contributed by atoms with Crippen molar-refractivity contribution in [1.29, 1.82) is 0 Å². The van der Waals surface area contributed by atoms with E-state index < -0.39 is 0 Å². The van der Waals surface area contributed by atoms with Gasteiger partial charge in [0.05, 0.1) is 5.02 Å². The molecule has 0 bridgehead atoms. The van der Waals surface area contributed by atoms with Crippen molar-refractivity contribution in [2.45, 2.75) is 30.5 Å². The molecule has 0 spiro atoms. The lowest BCUT2D eigenvalue weighted by Crippen LogP contribution is -2.12. The van der Waals surface area contributed by atoms with Crippen molar-refractivity contribution in [1.82, 2.24) is 14.8 Å². The van der Waals surface area contributed by atoms with Crippen LogP contribution >= 0.6 is 46.6 Å². The molecule has 28 heavy (non-hydrogen) atoms. The second-order valence-corrected chi connectivity index (χ2v) is 8.15. The summed E-state index contributed by atoms with van der Waals surface area (Å²) in [7, 11) is 0. The van der Waals surface area contributed by atoms with Crippen LogP contribution in [-0.4, -0.2) is 14.8 Å². The summed E-state index contributed by atoms with van der Waals surface area (Å²) in [6.45, 7) is 6.28. The standard InChI is InChI=1S/C20H18Cl3N3OS/c1-3-10-26-19(13(2)27-18-11-15(21)8-9-17(18)23)24-25-20(26)28-12-14-6-4-5-7-16(14)22/h3-9,11,13H,1,10,12H2,2H3. The van der Waals surface area contributed by atoms with Crippen molar-refractivity contribution in [2.24, 2.45) is 0 Å². The maximum Gasteiger partial charge on any atom is 0.191 e. The molecule has 1 heterocycles. The second kappa shape index (κ2) is 9.70.